The molecule has 4 nitrogen and oxygen atoms in total. The van der Waals surface area contributed by atoms with Gasteiger partial charge in [0.2, 0.25) is 5.91 Å². The molecule has 1 aliphatic rings. The van der Waals surface area contributed by atoms with Gasteiger partial charge in [-0.15, -0.1) is 0 Å². The first-order chi connectivity index (χ1) is 12.0. The second-order valence-corrected chi connectivity index (χ2v) is 7.67. The number of hydrogen-bond acceptors (Lipinski definition) is 3. The molecular formula is C21H35N3O. The van der Waals surface area contributed by atoms with Crippen molar-refractivity contribution in [2.24, 2.45) is 17.1 Å². The number of carbonyl (C=O) groups is 1. The highest BCUT2D eigenvalue weighted by atomic mass is 16.2. The van der Waals surface area contributed by atoms with Crippen molar-refractivity contribution in [3.8, 4) is 0 Å². The minimum absolute atomic E-state index is 0.0754. The Kier molecular flexibility index (Phi) is 7.45. The van der Waals surface area contributed by atoms with Crippen LogP contribution in [0, 0.1) is 11.3 Å². The first kappa shape index (κ1) is 19.9. The zero-order valence-corrected chi connectivity index (χ0v) is 16.2. The van der Waals surface area contributed by atoms with Crippen LogP contribution in [0.1, 0.15) is 57.6 Å². The van der Waals surface area contributed by atoms with Gasteiger partial charge in [-0.25, -0.2) is 0 Å². The largest absolute Gasteiger partial charge is 0.352 e. The standard InChI is InChI=1S/C21H35N3O/c1-4-21(5-2,16-22)20(25)23-13-18-8-10-19(11-9-18)15-24-12-6-7-17(3)14-24/h8-11,17H,4-7,12-16,22H2,1-3H3,(H,23,25). The van der Waals surface area contributed by atoms with Gasteiger partial charge in [-0.1, -0.05) is 45.0 Å². The lowest BCUT2D eigenvalue weighted by atomic mass is 9.81. The van der Waals surface area contributed by atoms with Gasteiger partial charge in [0.05, 0.1) is 5.41 Å². The summed E-state index contributed by atoms with van der Waals surface area (Å²) in [7, 11) is 0. The van der Waals surface area contributed by atoms with Gasteiger partial charge in [-0.2, -0.15) is 0 Å². The van der Waals surface area contributed by atoms with Crippen molar-refractivity contribution in [1.29, 1.82) is 0 Å². The number of amides is 1. The number of nitrogens with zero attached hydrogens (tertiary/aromatic N) is 1. The summed E-state index contributed by atoms with van der Waals surface area (Å²) in [5, 5.41) is 3.07. The van der Waals surface area contributed by atoms with Crippen LogP contribution in [-0.4, -0.2) is 30.4 Å². The molecule has 1 amide bonds. The second-order valence-electron chi connectivity index (χ2n) is 7.67. The van der Waals surface area contributed by atoms with Crippen LogP contribution in [0.2, 0.25) is 0 Å². The maximum absolute atomic E-state index is 12.5. The molecule has 0 saturated carbocycles. The minimum Gasteiger partial charge on any atom is -0.352 e. The average Bonchev–Trinajstić information content (AvgIpc) is 2.63. The van der Waals surface area contributed by atoms with Crippen LogP contribution in [0.4, 0.5) is 0 Å². The zero-order valence-electron chi connectivity index (χ0n) is 16.2. The van der Waals surface area contributed by atoms with Crippen molar-refractivity contribution in [2.45, 2.75) is 59.5 Å². The molecule has 1 heterocycles. The molecule has 0 radical (unpaired) electrons. The molecule has 2 rings (SSSR count). The van der Waals surface area contributed by atoms with E-state index >= 15 is 0 Å². The molecule has 0 bridgehead atoms. The van der Waals surface area contributed by atoms with Crippen LogP contribution in [0.5, 0.6) is 0 Å². The number of rotatable bonds is 8. The van der Waals surface area contributed by atoms with E-state index in [9.17, 15) is 4.79 Å². The molecule has 1 saturated heterocycles. The van der Waals surface area contributed by atoms with Crippen LogP contribution in [0.3, 0.4) is 0 Å². The van der Waals surface area contributed by atoms with Gasteiger partial charge in [0.25, 0.3) is 0 Å². The van der Waals surface area contributed by atoms with Gasteiger partial charge in [0.1, 0.15) is 0 Å². The van der Waals surface area contributed by atoms with E-state index in [4.69, 9.17) is 5.73 Å². The Hall–Kier alpha value is -1.39. The lowest BCUT2D eigenvalue weighted by Crippen LogP contribution is -2.45. The van der Waals surface area contributed by atoms with E-state index in [1.165, 1.54) is 31.5 Å². The van der Waals surface area contributed by atoms with Gasteiger partial charge in [-0.05, 0) is 49.3 Å². The number of nitrogens with two attached hydrogens (primary N) is 1. The van der Waals surface area contributed by atoms with Crippen LogP contribution < -0.4 is 11.1 Å². The Labute approximate surface area is 153 Å². The Balaban J connectivity index is 1.86. The molecule has 1 unspecified atom stereocenters. The third kappa shape index (κ3) is 5.29. The van der Waals surface area contributed by atoms with Crippen molar-refractivity contribution in [1.82, 2.24) is 10.2 Å². The van der Waals surface area contributed by atoms with Crippen LogP contribution >= 0.6 is 0 Å². The Bertz CT molecular complexity index is 528. The number of hydrogen-bond donors (Lipinski definition) is 2. The van der Waals surface area contributed by atoms with Crippen molar-refractivity contribution >= 4 is 5.91 Å². The summed E-state index contributed by atoms with van der Waals surface area (Å²) in [4.78, 5) is 15.0. The molecule has 0 aromatic heterocycles. The smallest absolute Gasteiger partial charge is 0.227 e. The minimum atomic E-state index is -0.426. The van der Waals surface area contributed by atoms with E-state index in [1.54, 1.807) is 0 Å². The highest BCUT2D eigenvalue weighted by Crippen LogP contribution is 2.25. The normalized spacial score (nSPS) is 19.0. The summed E-state index contributed by atoms with van der Waals surface area (Å²) < 4.78 is 0. The first-order valence-corrected chi connectivity index (χ1v) is 9.81. The Morgan fingerprint density at radius 3 is 2.44 bits per heavy atom. The molecule has 3 N–H and O–H groups in total. The number of piperidine rings is 1. The fourth-order valence-corrected chi connectivity index (χ4v) is 3.77. The first-order valence-electron chi connectivity index (χ1n) is 9.81. The van der Waals surface area contributed by atoms with E-state index < -0.39 is 5.41 Å². The van der Waals surface area contributed by atoms with Crippen molar-refractivity contribution in [3.63, 3.8) is 0 Å². The molecular weight excluding hydrogens is 310 g/mol. The summed E-state index contributed by atoms with van der Waals surface area (Å²) in [5.41, 5.74) is 7.92. The Morgan fingerprint density at radius 1 is 1.24 bits per heavy atom. The second kappa shape index (κ2) is 9.35. The highest BCUT2D eigenvalue weighted by Gasteiger charge is 2.32. The Morgan fingerprint density at radius 2 is 1.88 bits per heavy atom. The molecule has 1 aliphatic heterocycles. The average molecular weight is 346 g/mol. The van der Waals surface area contributed by atoms with E-state index in [1.807, 2.05) is 13.8 Å². The molecule has 140 valence electrons. The molecule has 4 heteroatoms. The summed E-state index contributed by atoms with van der Waals surface area (Å²) >= 11 is 0. The van der Waals surface area contributed by atoms with E-state index in [0.717, 1.165) is 30.9 Å². The van der Waals surface area contributed by atoms with Crippen LogP contribution in [0.15, 0.2) is 24.3 Å². The molecule has 25 heavy (non-hydrogen) atoms. The summed E-state index contributed by atoms with van der Waals surface area (Å²) in [6.45, 7) is 10.8. The zero-order chi connectivity index (χ0) is 18.3. The topological polar surface area (TPSA) is 58.4 Å². The maximum Gasteiger partial charge on any atom is 0.227 e. The van der Waals surface area contributed by atoms with Gasteiger partial charge in [-0.3, -0.25) is 9.69 Å². The van der Waals surface area contributed by atoms with E-state index in [-0.39, 0.29) is 5.91 Å². The maximum atomic E-state index is 12.5. The quantitative estimate of drug-likeness (QED) is 0.760. The number of carbonyl (C=O) groups excluding carboxylic acids is 1. The summed E-state index contributed by atoms with van der Waals surface area (Å²) in [6.07, 6.45) is 4.22. The fourth-order valence-electron chi connectivity index (χ4n) is 3.77. The molecule has 1 fully saturated rings. The predicted octanol–water partition coefficient (Wildman–Crippen LogP) is 3.30. The molecule has 1 atom stereocenters. The molecule has 0 aliphatic carbocycles. The van der Waals surface area contributed by atoms with E-state index in [0.29, 0.717) is 13.1 Å². The van der Waals surface area contributed by atoms with Gasteiger partial charge >= 0.3 is 0 Å². The van der Waals surface area contributed by atoms with Crippen molar-refractivity contribution < 1.29 is 4.79 Å². The van der Waals surface area contributed by atoms with Crippen molar-refractivity contribution in [2.75, 3.05) is 19.6 Å². The van der Waals surface area contributed by atoms with Crippen LogP contribution in [-0.2, 0) is 17.9 Å². The van der Waals surface area contributed by atoms with E-state index in [2.05, 4.69) is 41.4 Å². The van der Waals surface area contributed by atoms with Gasteiger partial charge in [0.15, 0.2) is 0 Å². The van der Waals surface area contributed by atoms with Crippen LogP contribution in [0.25, 0.3) is 0 Å². The summed E-state index contributed by atoms with van der Waals surface area (Å²) in [6, 6.07) is 8.64. The fraction of sp³-hybridized carbons (Fsp3) is 0.667. The number of benzene rings is 1. The number of likely N-dealkylation sites (tertiary alicyclic amines) is 1. The SMILES string of the molecule is CCC(CC)(CN)C(=O)NCc1ccc(CN2CCCC(C)C2)cc1. The molecule has 1 aromatic carbocycles. The third-order valence-electron chi connectivity index (χ3n) is 5.85. The third-order valence-corrected chi connectivity index (χ3v) is 5.85. The lowest BCUT2D eigenvalue weighted by Gasteiger charge is -2.30. The monoisotopic (exact) mass is 345 g/mol. The van der Waals surface area contributed by atoms with Crippen molar-refractivity contribution in [3.05, 3.63) is 35.4 Å². The predicted molar refractivity (Wildman–Crippen MR) is 104 cm³/mol. The summed E-state index contributed by atoms with van der Waals surface area (Å²) in [5.74, 6) is 0.884. The number of nitrogens with one attached hydrogen (secondary N) is 1. The van der Waals surface area contributed by atoms with Gasteiger partial charge < -0.3 is 11.1 Å². The highest BCUT2D eigenvalue weighted by molar-refractivity contribution is 5.82. The molecule has 1 aromatic rings. The lowest BCUT2D eigenvalue weighted by molar-refractivity contribution is -0.131. The van der Waals surface area contributed by atoms with Gasteiger partial charge in [0, 0.05) is 26.2 Å². The molecule has 0 spiro atoms.